The van der Waals surface area contributed by atoms with Crippen LogP contribution in [0.3, 0.4) is 0 Å². The summed E-state index contributed by atoms with van der Waals surface area (Å²) in [6.07, 6.45) is 0. The molecule has 0 bridgehead atoms. The average molecular weight is 726 g/mol. The van der Waals surface area contributed by atoms with Crippen molar-refractivity contribution >= 4 is 54.7 Å². The highest BCUT2D eigenvalue weighted by Crippen LogP contribution is 2.37. The minimum atomic E-state index is -3.59. The van der Waals surface area contributed by atoms with E-state index in [-0.39, 0.29) is 15.7 Å². The van der Waals surface area contributed by atoms with Gasteiger partial charge in [0, 0.05) is 5.69 Å². The molecule has 5 rings (SSSR count). The van der Waals surface area contributed by atoms with E-state index >= 15 is 0 Å². The Morgan fingerprint density at radius 3 is 1.53 bits per heavy atom. The molecule has 0 saturated carbocycles. The lowest BCUT2D eigenvalue weighted by Gasteiger charge is -2.18. The molecule has 0 aliphatic rings. The molecule has 0 atom stereocenters. The Morgan fingerprint density at radius 1 is 0.608 bits per heavy atom. The summed E-state index contributed by atoms with van der Waals surface area (Å²) in [7, 11) is -4.45. The van der Waals surface area contributed by atoms with E-state index in [1.54, 1.807) is 38.1 Å². The van der Waals surface area contributed by atoms with Crippen molar-refractivity contribution in [3.8, 4) is 11.1 Å². The van der Waals surface area contributed by atoms with Gasteiger partial charge in [0.25, 0.3) is 0 Å². The Kier molecular flexibility index (Phi) is 11.3. The second kappa shape index (κ2) is 15.6. The Balaban J connectivity index is 1.61. The molecule has 0 saturated heterocycles. The molecular formula is C36H39N9O4S2. The molecule has 264 valence electrons. The van der Waals surface area contributed by atoms with E-state index in [4.69, 9.17) is 9.97 Å². The van der Waals surface area contributed by atoms with Gasteiger partial charge in [-0.3, -0.25) is 10.9 Å². The molecule has 4 aromatic carbocycles. The fourth-order valence-electron chi connectivity index (χ4n) is 5.00. The molecule has 5 N–H and O–H groups in total. The van der Waals surface area contributed by atoms with Crippen LogP contribution in [0.5, 0.6) is 0 Å². The van der Waals surface area contributed by atoms with Crippen molar-refractivity contribution in [3.63, 3.8) is 0 Å². The Labute approximate surface area is 298 Å². The largest absolute Gasteiger partial charge is 0.324 e. The highest BCUT2D eigenvalue weighted by molar-refractivity contribution is 7.89. The molecule has 0 unspecified atom stereocenters. The van der Waals surface area contributed by atoms with Crippen LogP contribution in [0, 0.1) is 13.8 Å². The van der Waals surface area contributed by atoms with Crippen LogP contribution in [0.25, 0.3) is 11.1 Å². The van der Waals surface area contributed by atoms with Crippen LogP contribution in [0.1, 0.15) is 36.1 Å². The van der Waals surface area contributed by atoms with E-state index in [1.807, 2.05) is 62.4 Å². The Bertz CT molecular complexity index is 2200. The number of hydrogen-bond donors (Lipinski definition) is 5. The fourth-order valence-corrected chi connectivity index (χ4v) is 6.46. The summed E-state index contributed by atoms with van der Waals surface area (Å²) in [5, 5.41) is 12.6. The third-order valence-electron chi connectivity index (χ3n) is 8.17. The van der Waals surface area contributed by atoms with E-state index < -0.39 is 20.0 Å². The minimum Gasteiger partial charge on any atom is -0.324 e. The van der Waals surface area contributed by atoms with Gasteiger partial charge in [-0.1, -0.05) is 60.7 Å². The molecule has 13 nitrogen and oxygen atoms in total. The van der Waals surface area contributed by atoms with E-state index in [0.29, 0.717) is 39.7 Å². The van der Waals surface area contributed by atoms with E-state index in [0.717, 1.165) is 22.4 Å². The lowest BCUT2D eigenvalue weighted by atomic mass is 9.97. The summed E-state index contributed by atoms with van der Waals surface area (Å²) in [5.41, 5.74) is 13.1. The van der Waals surface area contributed by atoms with Crippen LogP contribution in [-0.4, -0.2) is 52.3 Å². The predicted molar refractivity (Wildman–Crippen MR) is 204 cm³/mol. The van der Waals surface area contributed by atoms with Crippen molar-refractivity contribution in [2.45, 2.75) is 37.5 Å². The second-order valence-corrected chi connectivity index (χ2v) is 15.2. The van der Waals surface area contributed by atoms with Crippen LogP contribution in [0.4, 0.5) is 23.3 Å². The fraction of sp³-hybridized carbons (Fsp3) is 0.167. The van der Waals surface area contributed by atoms with E-state index in [1.165, 1.54) is 38.4 Å². The lowest BCUT2D eigenvalue weighted by Crippen LogP contribution is -2.18. The average Bonchev–Trinajstić information content (AvgIpc) is 3.14. The van der Waals surface area contributed by atoms with Gasteiger partial charge in [-0.05, 0) is 106 Å². The monoisotopic (exact) mass is 725 g/mol. The zero-order valence-electron chi connectivity index (χ0n) is 29.0. The van der Waals surface area contributed by atoms with Gasteiger partial charge < -0.3 is 5.32 Å². The summed E-state index contributed by atoms with van der Waals surface area (Å²) in [5.74, 6) is 1.02. The van der Waals surface area contributed by atoms with Crippen molar-refractivity contribution in [3.05, 3.63) is 119 Å². The molecule has 0 amide bonds. The zero-order valence-corrected chi connectivity index (χ0v) is 30.6. The second-order valence-electron chi connectivity index (χ2n) is 11.4. The van der Waals surface area contributed by atoms with Crippen molar-refractivity contribution in [1.29, 1.82) is 0 Å². The normalized spacial score (nSPS) is 12.4. The predicted octanol–water partition coefficient (Wildman–Crippen LogP) is 5.99. The number of sulfonamides is 2. The summed E-state index contributed by atoms with van der Waals surface area (Å²) in [6.45, 7) is 7.64. The maximum Gasteiger partial charge on any atom is 0.240 e. The first-order valence-electron chi connectivity index (χ1n) is 15.8. The van der Waals surface area contributed by atoms with Gasteiger partial charge in [0.2, 0.25) is 26.0 Å². The van der Waals surface area contributed by atoms with Gasteiger partial charge in [-0.2, -0.15) is 20.2 Å². The van der Waals surface area contributed by atoms with Gasteiger partial charge in [0.15, 0.2) is 11.6 Å². The lowest BCUT2D eigenvalue weighted by molar-refractivity contribution is 0.586. The quantitative estimate of drug-likeness (QED) is 0.0720. The molecule has 1 aromatic heterocycles. The number of aryl methyl sites for hydroxylation is 1. The number of nitrogens with one attached hydrogen (secondary N) is 5. The molecule has 0 spiro atoms. The molecule has 51 heavy (non-hydrogen) atoms. The van der Waals surface area contributed by atoms with E-state index in [9.17, 15) is 16.8 Å². The van der Waals surface area contributed by atoms with Crippen LogP contribution in [0.2, 0.25) is 0 Å². The topological polar surface area (TPSA) is 179 Å². The van der Waals surface area contributed by atoms with Crippen molar-refractivity contribution in [1.82, 2.24) is 19.4 Å². The first kappa shape index (κ1) is 36.8. The third kappa shape index (κ3) is 8.64. The minimum absolute atomic E-state index is 0.143. The SMILES string of the molecule is CNS(=O)(=O)c1ccc(C(C)=NNc2nc(Nc3ccccc3)nc(NN=C(C)c3ccc(S(=O)(=O)NC)cc3)c2-c2cccc(C)c2C)cc1. The van der Waals surface area contributed by atoms with Crippen LogP contribution in [-0.2, 0) is 20.0 Å². The summed E-state index contributed by atoms with van der Waals surface area (Å²) >= 11 is 0. The molecular weight excluding hydrogens is 687 g/mol. The molecule has 0 radical (unpaired) electrons. The first-order valence-corrected chi connectivity index (χ1v) is 18.8. The van der Waals surface area contributed by atoms with Gasteiger partial charge in [0.05, 0.1) is 26.8 Å². The summed E-state index contributed by atoms with van der Waals surface area (Å²) < 4.78 is 53.6. The van der Waals surface area contributed by atoms with Gasteiger partial charge in [0.1, 0.15) is 0 Å². The molecule has 5 aromatic rings. The van der Waals surface area contributed by atoms with Crippen molar-refractivity contribution in [2.24, 2.45) is 10.2 Å². The summed E-state index contributed by atoms with van der Waals surface area (Å²) in [6, 6.07) is 28.2. The van der Waals surface area contributed by atoms with Crippen LogP contribution < -0.4 is 25.6 Å². The van der Waals surface area contributed by atoms with E-state index in [2.05, 4.69) is 35.8 Å². The number of benzene rings is 4. The first-order chi connectivity index (χ1) is 24.3. The van der Waals surface area contributed by atoms with Gasteiger partial charge in [-0.25, -0.2) is 26.3 Å². The highest BCUT2D eigenvalue weighted by atomic mass is 32.2. The number of aromatic nitrogens is 2. The number of anilines is 4. The molecule has 0 aliphatic heterocycles. The molecule has 0 aliphatic carbocycles. The number of hydrazone groups is 2. The van der Waals surface area contributed by atoms with Gasteiger partial charge in [-0.15, -0.1) is 0 Å². The molecule has 15 heteroatoms. The smallest absolute Gasteiger partial charge is 0.240 e. The van der Waals surface area contributed by atoms with Crippen molar-refractivity contribution in [2.75, 3.05) is 30.3 Å². The standard InChI is InChI=1S/C36H39N9O4S2/c1-23-11-10-14-32(24(23)2)33-34(44-42-25(3)27-15-19-30(20-16-27)50(46,47)37-5)40-36(39-29-12-8-7-9-13-29)41-35(33)45-43-26(4)28-17-21-31(22-18-28)51(48,49)38-6/h7-22,37-38H,1-6H3,(H3,39,40,41,44,45). The number of para-hydroxylation sites is 1. The maximum atomic E-state index is 12.2. The zero-order chi connectivity index (χ0) is 36.8. The Hall–Kier alpha value is -5.48. The number of nitrogens with zero attached hydrogens (tertiary/aromatic N) is 4. The van der Waals surface area contributed by atoms with Crippen molar-refractivity contribution < 1.29 is 16.8 Å². The van der Waals surface area contributed by atoms with Crippen LogP contribution >= 0.6 is 0 Å². The Morgan fingerprint density at radius 2 is 1.08 bits per heavy atom. The third-order valence-corrected chi connectivity index (χ3v) is 11.0. The summed E-state index contributed by atoms with van der Waals surface area (Å²) in [4.78, 5) is 9.98. The molecule has 0 fully saturated rings. The highest BCUT2D eigenvalue weighted by Gasteiger charge is 2.20. The maximum absolute atomic E-state index is 12.2. The number of rotatable bonds is 13. The van der Waals surface area contributed by atoms with Gasteiger partial charge >= 0.3 is 0 Å². The molecule has 1 heterocycles. The van der Waals surface area contributed by atoms with Crippen LogP contribution in [0.15, 0.2) is 117 Å². The number of hydrogen-bond acceptors (Lipinski definition) is 11.